The number of hydrogen-bond donors (Lipinski definition) is 2. The van der Waals surface area contributed by atoms with Crippen LogP contribution >= 0.6 is 12.4 Å². The summed E-state index contributed by atoms with van der Waals surface area (Å²) < 4.78 is 0. The molecule has 0 radical (unpaired) electrons. The van der Waals surface area contributed by atoms with E-state index in [1.54, 1.807) is 0 Å². The lowest BCUT2D eigenvalue weighted by Gasteiger charge is -2.22. The summed E-state index contributed by atoms with van der Waals surface area (Å²) >= 11 is 0. The second-order valence-corrected chi connectivity index (χ2v) is 5.12. The lowest BCUT2D eigenvalue weighted by molar-refractivity contribution is 0.0950. The molecule has 1 saturated heterocycles. The molecule has 0 bridgehead atoms. The van der Waals surface area contributed by atoms with E-state index in [0.717, 1.165) is 37.5 Å². The van der Waals surface area contributed by atoms with Gasteiger partial charge in [0.2, 0.25) is 0 Å². The second-order valence-electron chi connectivity index (χ2n) is 5.12. The third-order valence-corrected chi connectivity index (χ3v) is 3.55. The molecule has 19 heavy (non-hydrogen) atoms. The summed E-state index contributed by atoms with van der Waals surface area (Å²) in [5, 5.41) is 6.40. The second kappa shape index (κ2) is 8.18. The van der Waals surface area contributed by atoms with Gasteiger partial charge in [0.1, 0.15) is 0 Å². The van der Waals surface area contributed by atoms with E-state index in [2.05, 4.69) is 10.6 Å². The smallest absolute Gasteiger partial charge is 0.251 e. The van der Waals surface area contributed by atoms with Gasteiger partial charge in [0.05, 0.1) is 0 Å². The molecule has 1 aliphatic rings. The lowest BCUT2D eigenvalue weighted by atomic mass is 9.96. The van der Waals surface area contributed by atoms with Crippen molar-refractivity contribution in [2.75, 3.05) is 19.6 Å². The molecule has 0 spiro atoms. The first kappa shape index (κ1) is 16.0. The van der Waals surface area contributed by atoms with Gasteiger partial charge in [-0.05, 0) is 57.3 Å². The van der Waals surface area contributed by atoms with Crippen LogP contribution in [0.5, 0.6) is 0 Å². The van der Waals surface area contributed by atoms with Crippen molar-refractivity contribution in [3.05, 3.63) is 35.4 Å². The Morgan fingerprint density at radius 3 is 2.74 bits per heavy atom. The monoisotopic (exact) mass is 282 g/mol. The number of hydrogen-bond acceptors (Lipinski definition) is 2. The van der Waals surface area contributed by atoms with Gasteiger partial charge < -0.3 is 10.6 Å². The van der Waals surface area contributed by atoms with Crippen molar-refractivity contribution in [1.29, 1.82) is 0 Å². The van der Waals surface area contributed by atoms with Crippen LogP contribution in [0.15, 0.2) is 24.3 Å². The van der Waals surface area contributed by atoms with E-state index in [0.29, 0.717) is 0 Å². The van der Waals surface area contributed by atoms with Crippen LogP contribution in [0.4, 0.5) is 0 Å². The molecule has 1 aliphatic heterocycles. The molecule has 4 heteroatoms. The lowest BCUT2D eigenvalue weighted by Crippen LogP contribution is -2.33. The van der Waals surface area contributed by atoms with Crippen LogP contribution in [0.25, 0.3) is 0 Å². The van der Waals surface area contributed by atoms with Crippen LogP contribution in [-0.2, 0) is 0 Å². The molecular weight excluding hydrogens is 260 g/mol. The molecule has 0 aliphatic carbocycles. The molecule has 1 aromatic carbocycles. The predicted octanol–water partition coefficient (Wildman–Crippen LogP) is 2.54. The number of halogens is 1. The Balaban J connectivity index is 0.00000180. The molecule has 0 saturated carbocycles. The van der Waals surface area contributed by atoms with Crippen molar-refractivity contribution in [1.82, 2.24) is 10.6 Å². The summed E-state index contributed by atoms with van der Waals surface area (Å²) in [6, 6.07) is 7.71. The van der Waals surface area contributed by atoms with Gasteiger partial charge >= 0.3 is 0 Å². The molecule has 1 unspecified atom stereocenters. The molecule has 2 rings (SSSR count). The quantitative estimate of drug-likeness (QED) is 0.891. The van der Waals surface area contributed by atoms with Crippen molar-refractivity contribution >= 4 is 18.3 Å². The minimum Gasteiger partial charge on any atom is -0.352 e. The molecule has 1 fully saturated rings. The Labute approximate surface area is 121 Å². The summed E-state index contributed by atoms with van der Waals surface area (Å²) in [6.45, 7) is 5.05. The Morgan fingerprint density at radius 2 is 2.11 bits per heavy atom. The van der Waals surface area contributed by atoms with Crippen molar-refractivity contribution < 1.29 is 4.79 Å². The minimum atomic E-state index is 0. The van der Waals surface area contributed by atoms with Crippen molar-refractivity contribution in [3.63, 3.8) is 0 Å². The molecule has 1 aromatic rings. The maximum absolute atomic E-state index is 11.9. The van der Waals surface area contributed by atoms with E-state index in [-0.39, 0.29) is 18.3 Å². The van der Waals surface area contributed by atoms with Crippen molar-refractivity contribution in [2.45, 2.75) is 26.2 Å². The number of nitrogens with one attached hydrogen (secondary N) is 2. The Hall–Kier alpha value is -1.06. The van der Waals surface area contributed by atoms with Gasteiger partial charge in [-0.3, -0.25) is 4.79 Å². The highest BCUT2D eigenvalue weighted by Crippen LogP contribution is 2.13. The fraction of sp³-hybridized carbons (Fsp3) is 0.533. The summed E-state index contributed by atoms with van der Waals surface area (Å²) in [5.41, 5.74) is 1.93. The molecule has 3 nitrogen and oxygen atoms in total. The molecular formula is C15H23ClN2O. The SMILES string of the molecule is Cc1ccc(C(=O)NCCC2CCCNC2)cc1.Cl. The Kier molecular flexibility index (Phi) is 6.89. The minimum absolute atomic E-state index is 0. The molecule has 1 atom stereocenters. The zero-order valence-electron chi connectivity index (χ0n) is 11.4. The first-order valence-corrected chi connectivity index (χ1v) is 6.81. The van der Waals surface area contributed by atoms with Crippen LogP contribution < -0.4 is 10.6 Å². The first-order valence-electron chi connectivity index (χ1n) is 6.81. The molecule has 0 aromatic heterocycles. The number of carbonyl (C=O) groups excluding carboxylic acids is 1. The zero-order valence-corrected chi connectivity index (χ0v) is 12.3. The highest BCUT2D eigenvalue weighted by atomic mass is 35.5. The average molecular weight is 283 g/mol. The Bertz CT molecular complexity index is 386. The molecule has 1 amide bonds. The standard InChI is InChI=1S/C15H22N2O.ClH/c1-12-4-6-14(7-5-12)15(18)17-10-8-13-3-2-9-16-11-13;/h4-7,13,16H,2-3,8-11H2,1H3,(H,17,18);1H. The van der Waals surface area contributed by atoms with Gasteiger partial charge in [-0.15, -0.1) is 12.4 Å². The van der Waals surface area contributed by atoms with Crippen LogP contribution in [0.1, 0.15) is 35.2 Å². The van der Waals surface area contributed by atoms with E-state index in [1.165, 1.54) is 18.4 Å². The van der Waals surface area contributed by atoms with Crippen molar-refractivity contribution in [3.8, 4) is 0 Å². The van der Waals surface area contributed by atoms with Gasteiger partial charge in [-0.2, -0.15) is 0 Å². The van der Waals surface area contributed by atoms with E-state index in [9.17, 15) is 4.79 Å². The third kappa shape index (κ3) is 5.21. The summed E-state index contributed by atoms with van der Waals surface area (Å²) in [7, 11) is 0. The van der Waals surface area contributed by atoms with E-state index >= 15 is 0 Å². The van der Waals surface area contributed by atoms with Crippen LogP contribution in [0, 0.1) is 12.8 Å². The number of piperidine rings is 1. The van der Waals surface area contributed by atoms with Gasteiger partial charge in [-0.25, -0.2) is 0 Å². The van der Waals surface area contributed by atoms with E-state index < -0.39 is 0 Å². The fourth-order valence-corrected chi connectivity index (χ4v) is 2.37. The fourth-order valence-electron chi connectivity index (χ4n) is 2.37. The largest absolute Gasteiger partial charge is 0.352 e. The van der Waals surface area contributed by atoms with Gasteiger partial charge in [-0.1, -0.05) is 17.7 Å². The number of benzene rings is 1. The zero-order chi connectivity index (χ0) is 12.8. The molecule has 2 N–H and O–H groups in total. The van der Waals surface area contributed by atoms with Gasteiger partial charge in [0, 0.05) is 12.1 Å². The number of aryl methyl sites for hydroxylation is 1. The van der Waals surface area contributed by atoms with E-state index in [1.807, 2.05) is 31.2 Å². The highest BCUT2D eigenvalue weighted by molar-refractivity contribution is 5.94. The van der Waals surface area contributed by atoms with Crippen LogP contribution in [0.2, 0.25) is 0 Å². The third-order valence-electron chi connectivity index (χ3n) is 3.55. The summed E-state index contributed by atoms with van der Waals surface area (Å²) in [6.07, 6.45) is 3.62. The number of amides is 1. The summed E-state index contributed by atoms with van der Waals surface area (Å²) in [5.74, 6) is 0.760. The number of rotatable bonds is 4. The number of carbonyl (C=O) groups is 1. The predicted molar refractivity (Wildman–Crippen MR) is 81.0 cm³/mol. The van der Waals surface area contributed by atoms with Crippen LogP contribution in [-0.4, -0.2) is 25.5 Å². The van der Waals surface area contributed by atoms with Crippen molar-refractivity contribution in [2.24, 2.45) is 5.92 Å². The van der Waals surface area contributed by atoms with Crippen LogP contribution in [0.3, 0.4) is 0 Å². The Morgan fingerprint density at radius 1 is 1.37 bits per heavy atom. The maximum atomic E-state index is 11.9. The van der Waals surface area contributed by atoms with Gasteiger partial charge in [0.25, 0.3) is 5.91 Å². The van der Waals surface area contributed by atoms with E-state index in [4.69, 9.17) is 0 Å². The average Bonchev–Trinajstić information content (AvgIpc) is 2.40. The first-order chi connectivity index (χ1) is 8.75. The summed E-state index contributed by atoms with van der Waals surface area (Å²) in [4.78, 5) is 11.9. The van der Waals surface area contributed by atoms with Gasteiger partial charge in [0.15, 0.2) is 0 Å². The molecule has 1 heterocycles. The topological polar surface area (TPSA) is 41.1 Å². The highest BCUT2D eigenvalue weighted by Gasteiger charge is 2.13. The molecule has 106 valence electrons. The maximum Gasteiger partial charge on any atom is 0.251 e. The normalized spacial score (nSPS) is 18.5.